The lowest BCUT2D eigenvalue weighted by Crippen LogP contribution is -2.32. The van der Waals surface area contributed by atoms with Crippen molar-refractivity contribution in [1.29, 1.82) is 0 Å². The SMILES string of the molecule is CCCCNC[C@H](O)COc1c(Br)ccc2c1sc1nc3n(c(=O)c12)CCCCC3. The van der Waals surface area contributed by atoms with Gasteiger partial charge in [0, 0.05) is 24.9 Å². The van der Waals surface area contributed by atoms with E-state index in [2.05, 4.69) is 28.2 Å². The average molecular weight is 494 g/mol. The molecule has 2 aromatic heterocycles. The monoisotopic (exact) mass is 493 g/mol. The van der Waals surface area contributed by atoms with Crippen LogP contribution in [0.2, 0.25) is 0 Å². The largest absolute Gasteiger partial charge is 0.488 e. The van der Waals surface area contributed by atoms with E-state index in [1.54, 1.807) is 0 Å². The van der Waals surface area contributed by atoms with Gasteiger partial charge in [-0.1, -0.05) is 25.8 Å². The third-order valence-corrected chi connectivity index (χ3v) is 7.26. The zero-order valence-electron chi connectivity index (χ0n) is 17.2. The maximum atomic E-state index is 13.3. The number of rotatable bonds is 8. The van der Waals surface area contributed by atoms with E-state index in [0.717, 1.165) is 76.8 Å². The maximum Gasteiger partial charge on any atom is 0.262 e. The number of thiophene rings is 1. The zero-order valence-corrected chi connectivity index (χ0v) is 19.6. The van der Waals surface area contributed by atoms with Crippen LogP contribution in [0.4, 0.5) is 0 Å². The number of nitrogens with one attached hydrogen (secondary N) is 1. The highest BCUT2D eigenvalue weighted by atomic mass is 79.9. The van der Waals surface area contributed by atoms with Crippen molar-refractivity contribution in [2.75, 3.05) is 19.7 Å². The summed E-state index contributed by atoms with van der Waals surface area (Å²) in [4.78, 5) is 18.9. The number of fused-ring (bicyclic) bond motifs is 4. The first-order valence-corrected chi connectivity index (χ1v) is 12.4. The molecule has 4 rings (SSSR count). The van der Waals surface area contributed by atoms with Gasteiger partial charge in [-0.15, -0.1) is 11.3 Å². The molecule has 162 valence electrons. The van der Waals surface area contributed by atoms with E-state index >= 15 is 0 Å². The summed E-state index contributed by atoms with van der Waals surface area (Å²) >= 11 is 5.07. The van der Waals surface area contributed by atoms with Crippen LogP contribution in [0.1, 0.15) is 44.9 Å². The van der Waals surface area contributed by atoms with Crippen LogP contribution in [-0.4, -0.2) is 40.5 Å². The molecule has 3 heterocycles. The first-order valence-electron chi connectivity index (χ1n) is 10.8. The van der Waals surface area contributed by atoms with Crippen molar-refractivity contribution < 1.29 is 9.84 Å². The Balaban J connectivity index is 1.65. The number of aliphatic hydroxyl groups is 1. The smallest absolute Gasteiger partial charge is 0.262 e. The summed E-state index contributed by atoms with van der Waals surface area (Å²) < 4.78 is 9.59. The molecular formula is C22H28BrN3O3S. The van der Waals surface area contributed by atoms with Crippen LogP contribution in [0.25, 0.3) is 20.3 Å². The number of aliphatic hydroxyl groups excluding tert-OH is 1. The van der Waals surface area contributed by atoms with Crippen LogP contribution in [0.15, 0.2) is 21.4 Å². The summed E-state index contributed by atoms with van der Waals surface area (Å²) in [6, 6.07) is 3.87. The van der Waals surface area contributed by atoms with Crippen molar-refractivity contribution in [2.45, 2.75) is 58.1 Å². The minimum Gasteiger partial charge on any atom is -0.488 e. The summed E-state index contributed by atoms with van der Waals surface area (Å²) in [6.07, 6.45) is 5.70. The Labute approximate surface area is 188 Å². The van der Waals surface area contributed by atoms with Crippen molar-refractivity contribution in [2.24, 2.45) is 0 Å². The van der Waals surface area contributed by atoms with E-state index in [0.29, 0.717) is 17.7 Å². The third-order valence-electron chi connectivity index (χ3n) is 5.54. The van der Waals surface area contributed by atoms with Crippen LogP contribution >= 0.6 is 27.3 Å². The summed E-state index contributed by atoms with van der Waals surface area (Å²) in [6.45, 7) is 4.46. The second kappa shape index (κ2) is 9.77. The molecule has 0 bridgehead atoms. The van der Waals surface area contributed by atoms with Crippen LogP contribution in [0.5, 0.6) is 5.75 Å². The number of hydrogen-bond donors (Lipinski definition) is 2. The molecule has 0 spiro atoms. The molecule has 1 aliphatic rings. The van der Waals surface area contributed by atoms with Crippen LogP contribution in [-0.2, 0) is 13.0 Å². The lowest BCUT2D eigenvalue weighted by molar-refractivity contribution is 0.107. The van der Waals surface area contributed by atoms with Crippen LogP contribution in [0, 0.1) is 0 Å². The fourth-order valence-electron chi connectivity index (χ4n) is 3.91. The lowest BCUT2D eigenvalue weighted by atomic mass is 10.2. The molecule has 1 atom stereocenters. The van der Waals surface area contributed by atoms with Gasteiger partial charge in [0.25, 0.3) is 5.56 Å². The Kier molecular flexibility index (Phi) is 7.08. The summed E-state index contributed by atoms with van der Waals surface area (Å²) in [5.41, 5.74) is 0.0524. The van der Waals surface area contributed by atoms with Crippen molar-refractivity contribution >= 4 is 47.6 Å². The summed E-state index contributed by atoms with van der Waals surface area (Å²) in [5, 5.41) is 15.1. The van der Waals surface area contributed by atoms with Gasteiger partial charge in [0.1, 0.15) is 23.4 Å². The average Bonchev–Trinajstić information content (AvgIpc) is 2.93. The topological polar surface area (TPSA) is 76.4 Å². The standard InChI is InChI=1S/C22H28BrN3O3S/c1-2-3-10-24-12-14(27)13-29-19-16(23)9-8-15-18-21(30-20(15)19)25-17-7-5-4-6-11-26(17)22(18)28/h8-9,14,24,27H,2-7,10-13H2,1H3/t14-/m0/s1. The van der Waals surface area contributed by atoms with E-state index < -0.39 is 6.10 Å². The fourth-order valence-corrected chi connectivity index (χ4v) is 5.67. The summed E-state index contributed by atoms with van der Waals surface area (Å²) in [5.74, 6) is 1.56. The highest BCUT2D eigenvalue weighted by Crippen LogP contribution is 2.41. The second-order valence-corrected chi connectivity index (χ2v) is 9.71. The Morgan fingerprint density at radius 3 is 3.07 bits per heavy atom. The number of aromatic nitrogens is 2. The molecule has 30 heavy (non-hydrogen) atoms. The molecule has 3 aromatic rings. The molecule has 0 amide bonds. The third kappa shape index (κ3) is 4.42. The molecule has 1 aromatic carbocycles. The number of nitrogens with zero attached hydrogens (tertiary/aromatic N) is 2. The van der Waals surface area contributed by atoms with Gasteiger partial charge in [0.2, 0.25) is 0 Å². The van der Waals surface area contributed by atoms with Gasteiger partial charge in [-0.2, -0.15) is 0 Å². The number of ether oxygens (including phenoxy) is 1. The zero-order chi connectivity index (χ0) is 21.1. The first kappa shape index (κ1) is 21.7. The number of halogens is 1. The Bertz CT molecular complexity index is 1090. The lowest BCUT2D eigenvalue weighted by Gasteiger charge is -2.14. The van der Waals surface area contributed by atoms with Gasteiger partial charge in [-0.05, 0) is 47.8 Å². The molecule has 0 saturated carbocycles. The van der Waals surface area contributed by atoms with E-state index in [-0.39, 0.29) is 12.2 Å². The number of unbranched alkanes of at least 4 members (excludes halogenated alkanes) is 1. The van der Waals surface area contributed by atoms with Crippen molar-refractivity contribution in [3.8, 4) is 5.75 Å². The number of hydrogen-bond acceptors (Lipinski definition) is 6. The van der Waals surface area contributed by atoms with Crippen molar-refractivity contribution in [3.63, 3.8) is 0 Å². The first-order chi connectivity index (χ1) is 14.6. The molecule has 0 fully saturated rings. The minimum atomic E-state index is -0.599. The van der Waals surface area contributed by atoms with Gasteiger partial charge in [0.15, 0.2) is 5.75 Å². The van der Waals surface area contributed by atoms with Gasteiger partial charge in [-0.3, -0.25) is 9.36 Å². The van der Waals surface area contributed by atoms with Gasteiger partial charge in [-0.25, -0.2) is 4.98 Å². The Morgan fingerprint density at radius 1 is 1.37 bits per heavy atom. The molecule has 2 N–H and O–H groups in total. The van der Waals surface area contributed by atoms with Crippen LogP contribution in [0.3, 0.4) is 0 Å². The summed E-state index contributed by atoms with van der Waals surface area (Å²) in [7, 11) is 0. The molecular weight excluding hydrogens is 466 g/mol. The molecule has 0 aliphatic carbocycles. The predicted octanol–water partition coefficient (Wildman–Crippen LogP) is 4.23. The van der Waals surface area contributed by atoms with Crippen molar-refractivity contribution in [1.82, 2.24) is 14.9 Å². The van der Waals surface area contributed by atoms with Gasteiger partial charge >= 0.3 is 0 Å². The molecule has 0 saturated heterocycles. The maximum absolute atomic E-state index is 13.3. The van der Waals surface area contributed by atoms with Gasteiger partial charge < -0.3 is 15.2 Å². The van der Waals surface area contributed by atoms with Gasteiger partial charge in [0.05, 0.1) is 14.6 Å². The highest BCUT2D eigenvalue weighted by molar-refractivity contribution is 9.10. The van der Waals surface area contributed by atoms with Crippen molar-refractivity contribution in [3.05, 3.63) is 32.8 Å². The number of benzene rings is 1. The fraction of sp³-hybridized carbons (Fsp3) is 0.545. The van der Waals surface area contributed by atoms with E-state index in [9.17, 15) is 9.90 Å². The van der Waals surface area contributed by atoms with Crippen LogP contribution < -0.4 is 15.6 Å². The molecule has 0 unspecified atom stereocenters. The highest BCUT2D eigenvalue weighted by Gasteiger charge is 2.21. The molecule has 6 nitrogen and oxygen atoms in total. The normalized spacial score (nSPS) is 15.3. The predicted molar refractivity (Wildman–Crippen MR) is 126 cm³/mol. The minimum absolute atomic E-state index is 0.0524. The number of aryl methyl sites for hydroxylation is 1. The molecule has 8 heteroatoms. The molecule has 0 radical (unpaired) electrons. The molecule has 1 aliphatic heterocycles. The van der Waals surface area contributed by atoms with E-state index in [1.807, 2.05) is 16.7 Å². The van der Waals surface area contributed by atoms with E-state index in [1.165, 1.54) is 11.3 Å². The Hall–Kier alpha value is -1.48. The quantitative estimate of drug-likeness (QED) is 0.459. The second-order valence-electron chi connectivity index (χ2n) is 7.85. The Morgan fingerprint density at radius 2 is 2.23 bits per heavy atom. The van der Waals surface area contributed by atoms with E-state index in [4.69, 9.17) is 9.72 Å².